The zero-order valence-corrected chi connectivity index (χ0v) is 17.5. The van der Waals surface area contributed by atoms with Crippen LogP contribution in [-0.4, -0.2) is 40.6 Å². The first-order valence-electron chi connectivity index (χ1n) is 9.40. The van der Waals surface area contributed by atoms with Crippen LogP contribution in [0.4, 0.5) is 24.5 Å². The fourth-order valence-corrected chi connectivity index (χ4v) is 4.05. The molecule has 0 aliphatic carbocycles. The number of anilines is 1. The number of alkyl halides is 3. The number of halogens is 3. The van der Waals surface area contributed by atoms with E-state index < -0.39 is 23.3 Å². The third-order valence-corrected chi connectivity index (χ3v) is 5.56. The van der Waals surface area contributed by atoms with Crippen LogP contribution in [0, 0.1) is 6.57 Å². The number of nitrogens with zero attached hydrogens (tertiary/aromatic N) is 8. The Hall–Kier alpha value is -4.64. The van der Waals surface area contributed by atoms with E-state index in [0.29, 0.717) is 10.1 Å². The number of hydrogen-bond donors (Lipinski definition) is 1. The van der Waals surface area contributed by atoms with Crippen molar-refractivity contribution in [3.63, 3.8) is 0 Å². The standard InChI is InChI=1S/C20H10F3N9OS/c1-24-14-8-11(9-26-18(14)32-27-5-6-28-32)30-19(33)13-10-29-31(16(13)20(21,22)23)17-12-3-7-34-15(12)2-4-25-17/h2-10H,(H,30,33). The molecule has 0 unspecified atom stereocenters. The van der Waals surface area contributed by atoms with Crippen LogP contribution in [0.25, 0.3) is 26.6 Å². The van der Waals surface area contributed by atoms with Crippen molar-refractivity contribution in [3.05, 3.63) is 77.2 Å². The summed E-state index contributed by atoms with van der Waals surface area (Å²) in [5, 5.41) is 16.2. The summed E-state index contributed by atoms with van der Waals surface area (Å²) < 4.78 is 43.5. The van der Waals surface area contributed by atoms with Crippen LogP contribution in [0.15, 0.2) is 54.6 Å². The molecule has 5 aromatic rings. The van der Waals surface area contributed by atoms with Crippen molar-refractivity contribution < 1.29 is 18.0 Å². The Bertz CT molecular complexity index is 1560. The Labute approximate surface area is 192 Å². The number of rotatable bonds is 4. The highest BCUT2D eigenvalue weighted by Crippen LogP contribution is 2.36. The molecule has 5 rings (SSSR count). The Morgan fingerprint density at radius 2 is 1.85 bits per heavy atom. The number of thiophene rings is 1. The number of pyridine rings is 2. The largest absolute Gasteiger partial charge is 0.434 e. The summed E-state index contributed by atoms with van der Waals surface area (Å²) in [4.78, 5) is 25.4. The lowest BCUT2D eigenvalue weighted by Crippen LogP contribution is -2.21. The van der Waals surface area contributed by atoms with E-state index in [2.05, 4.69) is 35.4 Å². The Balaban J connectivity index is 1.53. The maximum atomic E-state index is 14.0. The van der Waals surface area contributed by atoms with E-state index in [9.17, 15) is 18.0 Å². The van der Waals surface area contributed by atoms with Gasteiger partial charge in [0, 0.05) is 22.0 Å². The number of carbonyl (C=O) groups excluding carboxylic acids is 1. The molecule has 10 nitrogen and oxygen atoms in total. The first kappa shape index (κ1) is 21.2. The van der Waals surface area contributed by atoms with Crippen LogP contribution >= 0.6 is 11.3 Å². The summed E-state index contributed by atoms with van der Waals surface area (Å²) >= 11 is 1.34. The summed E-state index contributed by atoms with van der Waals surface area (Å²) in [6.07, 6.45) is 1.29. The highest BCUT2D eigenvalue weighted by atomic mass is 32.1. The second kappa shape index (κ2) is 8.05. The van der Waals surface area contributed by atoms with Crippen molar-refractivity contribution >= 4 is 38.7 Å². The van der Waals surface area contributed by atoms with E-state index in [0.717, 1.165) is 15.7 Å². The zero-order chi connectivity index (χ0) is 23.9. The van der Waals surface area contributed by atoms with Crippen LogP contribution in [-0.2, 0) is 6.18 Å². The van der Waals surface area contributed by atoms with Gasteiger partial charge < -0.3 is 5.32 Å². The summed E-state index contributed by atoms with van der Waals surface area (Å²) in [6, 6.07) is 4.58. The van der Waals surface area contributed by atoms with Crippen LogP contribution in [0.2, 0.25) is 0 Å². The fourth-order valence-electron chi connectivity index (χ4n) is 3.27. The molecule has 0 radical (unpaired) electrons. The SMILES string of the molecule is [C-]#[N+]c1cc(NC(=O)c2cnn(-c3nccc4sccc34)c2C(F)(F)F)cnc1-n1nccn1. The van der Waals surface area contributed by atoms with E-state index in [4.69, 9.17) is 6.57 Å². The number of aromatic nitrogens is 7. The Morgan fingerprint density at radius 3 is 2.59 bits per heavy atom. The van der Waals surface area contributed by atoms with Gasteiger partial charge in [-0.25, -0.2) is 19.5 Å². The average molecular weight is 481 g/mol. The first-order chi connectivity index (χ1) is 16.4. The van der Waals surface area contributed by atoms with Gasteiger partial charge in [0.25, 0.3) is 5.91 Å². The molecule has 168 valence electrons. The molecular weight excluding hydrogens is 471 g/mol. The van der Waals surface area contributed by atoms with E-state index >= 15 is 0 Å². The van der Waals surface area contributed by atoms with Gasteiger partial charge in [0.2, 0.25) is 5.69 Å². The second-order valence-corrected chi connectivity index (χ2v) is 7.68. The van der Waals surface area contributed by atoms with Crippen molar-refractivity contribution in [2.24, 2.45) is 0 Å². The van der Waals surface area contributed by atoms with Gasteiger partial charge in [-0.05, 0) is 23.6 Å². The maximum Gasteiger partial charge on any atom is 0.434 e. The maximum absolute atomic E-state index is 14.0. The van der Waals surface area contributed by atoms with Crippen LogP contribution < -0.4 is 5.32 Å². The Morgan fingerprint density at radius 1 is 1.06 bits per heavy atom. The molecule has 0 bridgehead atoms. The zero-order valence-electron chi connectivity index (χ0n) is 16.7. The average Bonchev–Trinajstić information content (AvgIpc) is 3.58. The minimum atomic E-state index is -4.90. The quantitative estimate of drug-likeness (QED) is 0.384. The molecule has 34 heavy (non-hydrogen) atoms. The van der Waals surface area contributed by atoms with Gasteiger partial charge in [-0.3, -0.25) is 4.79 Å². The van der Waals surface area contributed by atoms with E-state index in [-0.39, 0.29) is 23.0 Å². The number of hydrogen-bond acceptors (Lipinski definition) is 7. The minimum absolute atomic E-state index is 0.00549. The summed E-state index contributed by atoms with van der Waals surface area (Å²) in [7, 11) is 0. The van der Waals surface area contributed by atoms with Crippen molar-refractivity contribution in [2.75, 3.05) is 5.32 Å². The molecule has 1 N–H and O–H groups in total. The second-order valence-electron chi connectivity index (χ2n) is 6.73. The molecule has 5 aromatic heterocycles. The summed E-state index contributed by atoms with van der Waals surface area (Å²) in [5.41, 5.74) is -1.96. The predicted octanol–water partition coefficient (Wildman–Crippen LogP) is 4.28. The van der Waals surface area contributed by atoms with Crippen molar-refractivity contribution in [2.45, 2.75) is 6.18 Å². The highest BCUT2D eigenvalue weighted by molar-refractivity contribution is 7.17. The van der Waals surface area contributed by atoms with Crippen molar-refractivity contribution in [1.29, 1.82) is 0 Å². The molecule has 0 aliphatic heterocycles. The van der Waals surface area contributed by atoms with Gasteiger partial charge >= 0.3 is 6.18 Å². The van der Waals surface area contributed by atoms with Gasteiger partial charge in [-0.2, -0.15) is 28.5 Å². The lowest BCUT2D eigenvalue weighted by Gasteiger charge is -2.13. The van der Waals surface area contributed by atoms with E-state index in [1.807, 2.05) is 0 Å². The lowest BCUT2D eigenvalue weighted by molar-refractivity contribution is -0.143. The van der Waals surface area contributed by atoms with Gasteiger partial charge in [0.1, 0.15) is 0 Å². The van der Waals surface area contributed by atoms with Crippen LogP contribution in [0.3, 0.4) is 0 Å². The predicted molar refractivity (Wildman–Crippen MR) is 115 cm³/mol. The Kier molecular flexibility index (Phi) is 5.02. The molecule has 5 heterocycles. The number of nitrogens with one attached hydrogen (secondary N) is 1. The smallest absolute Gasteiger partial charge is 0.322 e. The van der Waals surface area contributed by atoms with Gasteiger partial charge in [-0.15, -0.1) is 16.1 Å². The number of fused-ring (bicyclic) bond motifs is 1. The molecular formula is C20H10F3N9OS. The van der Waals surface area contributed by atoms with Crippen molar-refractivity contribution in [1.82, 2.24) is 34.7 Å². The van der Waals surface area contributed by atoms with E-state index in [1.54, 1.807) is 17.5 Å². The molecule has 0 aromatic carbocycles. The molecule has 0 saturated carbocycles. The van der Waals surface area contributed by atoms with E-state index in [1.165, 1.54) is 42.2 Å². The monoisotopic (exact) mass is 481 g/mol. The molecule has 0 spiro atoms. The number of carbonyl (C=O) groups is 1. The molecule has 0 saturated heterocycles. The molecule has 14 heteroatoms. The molecule has 0 fully saturated rings. The normalized spacial score (nSPS) is 11.5. The van der Waals surface area contributed by atoms with Gasteiger partial charge in [0.05, 0.1) is 36.9 Å². The third kappa shape index (κ3) is 3.63. The van der Waals surface area contributed by atoms with Crippen LogP contribution in [0.5, 0.6) is 0 Å². The van der Waals surface area contributed by atoms with Crippen LogP contribution in [0.1, 0.15) is 16.1 Å². The highest BCUT2D eigenvalue weighted by Gasteiger charge is 2.41. The summed E-state index contributed by atoms with van der Waals surface area (Å²) in [6.45, 7) is 7.33. The fraction of sp³-hybridized carbons (Fsp3) is 0.0500. The first-order valence-corrected chi connectivity index (χ1v) is 10.3. The summed E-state index contributed by atoms with van der Waals surface area (Å²) in [5.74, 6) is -1.01. The third-order valence-electron chi connectivity index (χ3n) is 4.68. The molecule has 0 aliphatic rings. The molecule has 1 amide bonds. The minimum Gasteiger partial charge on any atom is -0.322 e. The van der Waals surface area contributed by atoms with Crippen molar-refractivity contribution in [3.8, 4) is 11.6 Å². The topological polar surface area (TPSA) is 108 Å². The number of amides is 1. The van der Waals surface area contributed by atoms with Gasteiger partial charge in [-0.1, -0.05) is 0 Å². The van der Waals surface area contributed by atoms with Gasteiger partial charge in [0.15, 0.2) is 17.3 Å². The molecule has 0 atom stereocenters. The lowest BCUT2D eigenvalue weighted by atomic mass is 10.2.